The van der Waals surface area contributed by atoms with E-state index >= 15 is 0 Å². The fraction of sp³-hybridized carbons (Fsp3) is 0.500. The van der Waals surface area contributed by atoms with Gasteiger partial charge in [-0.2, -0.15) is 4.98 Å². The van der Waals surface area contributed by atoms with Crippen LogP contribution < -0.4 is 16.0 Å². The summed E-state index contributed by atoms with van der Waals surface area (Å²) in [5, 5.41) is 12.9. The van der Waals surface area contributed by atoms with Crippen molar-refractivity contribution in [3.63, 3.8) is 0 Å². The van der Waals surface area contributed by atoms with Crippen LogP contribution in [-0.4, -0.2) is 40.8 Å². The molecule has 1 aromatic carbocycles. The third-order valence-corrected chi connectivity index (χ3v) is 5.41. The van der Waals surface area contributed by atoms with Crippen LogP contribution >= 0.6 is 0 Å². The van der Waals surface area contributed by atoms with E-state index in [9.17, 15) is 5.11 Å². The Hall–Kier alpha value is -2.34. The second-order valence-corrected chi connectivity index (χ2v) is 7.36. The van der Waals surface area contributed by atoms with Crippen molar-refractivity contribution in [2.45, 2.75) is 44.1 Å². The van der Waals surface area contributed by atoms with E-state index in [-0.39, 0.29) is 6.10 Å². The molecule has 26 heavy (non-hydrogen) atoms. The molecule has 0 amide bonds. The molecule has 0 saturated heterocycles. The standard InChI is InChI=1S/C20H27N5O/c21-20-23-17(15-11-16(26)12-15)13-19(24-20)22-8-4-10-25-9-3-6-14-5-1-2-7-18(14)25/h1-2,5,7,13,15-16,26H,3-4,6,8-12H2,(H3,21,22,23,24). The van der Waals surface area contributed by atoms with Crippen molar-refractivity contribution < 1.29 is 5.11 Å². The number of rotatable bonds is 6. The Morgan fingerprint density at radius 3 is 2.92 bits per heavy atom. The maximum absolute atomic E-state index is 9.49. The van der Waals surface area contributed by atoms with Crippen LogP contribution in [0.25, 0.3) is 0 Å². The van der Waals surface area contributed by atoms with Gasteiger partial charge in [-0.15, -0.1) is 0 Å². The predicted octanol–water partition coefficient (Wildman–Crippen LogP) is 2.55. The topological polar surface area (TPSA) is 87.3 Å². The minimum atomic E-state index is -0.194. The highest BCUT2D eigenvalue weighted by atomic mass is 16.3. The van der Waals surface area contributed by atoms with Crippen molar-refractivity contribution in [2.75, 3.05) is 35.6 Å². The van der Waals surface area contributed by atoms with E-state index in [4.69, 9.17) is 5.73 Å². The van der Waals surface area contributed by atoms with Crippen molar-refractivity contribution in [3.8, 4) is 0 Å². The molecule has 1 saturated carbocycles. The highest BCUT2D eigenvalue weighted by molar-refractivity contribution is 5.55. The van der Waals surface area contributed by atoms with Crippen LogP contribution in [0.5, 0.6) is 0 Å². The van der Waals surface area contributed by atoms with Crippen molar-refractivity contribution in [2.24, 2.45) is 0 Å². The van der Waals surface area contributed by atoms with E-state index in [1.54, 1.807) is 0 Å². The molecule has 6 nitrogen and oxygen atoms in total. The molecule has 2 aromatic rings. The third kappa shape index (κ3) is 3.75. The smallest absolute Gasteiger partial charge is 0.222 e. The molecule has 1 aromatic heterocycles. The second-order valence-electron chi connectivity index (χ2n) is 7.36. The van der Waals surface area contributed by atoms with E-state index in [2.05, 4.69) is 44.5 Å². The molecule has 2 aliphatic rings. The zero-order valence-electron chi connectivity index (χ0n) is 15.1. The van der Waals surface area contributed by atoms with Gasteiger partial charge >= 0.3 is 0 Å². The number of nitrogens with two attached hydrogens (primary N) is 1. The molecule has 0 atom stereocenters. The molecule has 0 radical (unpaired) electrons. The molecule has 0 spiro atoms. The fourth-order valence-electron chi connectivity index (χ4n) is 3.94. The van der Waals surface area contributed by atoms with Crippen LogP contribution in [0.15, 0.2) is 30.3 Å². The highest BCUT2D eigenvalue weighted by Crippen LogP contribution is 2.36. The minimum absolute atomic E-state index is 0.194. The number of hydrogen-bond donors (Lipinski definition) is 3. The first-order valence-electron chi connectivity index (χ1n) is 9.58. The maximum atomic E-state index is 9.49. The van der Waals surface area contributed by atoms with Gasteiger partial charge in [-0.25, -0.2) is 4.98 Å². The van der Waals surface area contributed by atoms with Crippen LogP contribution in [0.4, 0.5) is 17.5 Å². The van der Waals surface area contributed by atoms with E-state index in [0.29, 0.717) is 11.9 Å². The average molecular weight is 353 g/mol. The summed E-state index contributed by atoms with van der Waals surface area (Å²) in [6, 6.07) is 10.7. The molecule has 1 fully saturated rings. The molecule has 138 valence electrons. The Balaban J connectivity index is 1.30. The molecule has 1 aliphatic carbocycles. The van der Waals surface area contributed by atoms with Gasteiger partial charge in [0.05, 0.1) is 11.8 Å². The number of aromatic nitrogens is 2. The summed E-state index contributed by atoms with van der Waals surface area (Å²) in [5.41, 5.74) is 9.64. The predicted molar refractivity (Wildman–Crippen MR) is 105 cm³/mol. The SMILES string of the molecule is Nc1nc(NCCCN2CCCc3ccccc32)cc(C2CC(O)C2)n1. The van der Waals surface area contributed by atoms with Gasteiger partial charge in [0.2, 0.25) is 5.95 Å². The van der Waals surface area contributed by atoms with Gasteiger partial charge in [0.1, 0.15) is 5.82 Å². The number of anilines is 3. The molecule has 0 unspecified atom stereocenters. The van der Waals surface area contributed by atoms with E-state index in [0.717, 1.165) is 50.4 Å². The van der Waals surface area contributed by atoms with E-state index in [1.165, 1.54) is 24.1 Å². The van der Waals surface area contributed by atoms with Crippen LogP contribution in [0.3, 0.4) is 0 Å². The van der Waals surface area contributed by atoms with E-state index < -0.39 is 0 Å². The summed E-state index contributed by atoms with van der Waals surface area (Å²) < 4.78 is 0. The lowest BCUT2D eigenvalue weighted by Crippen LogP contribution is -2.31. The number of nitrogen functional groups attached to an aromatic ring is 1. The van der Waals surface area contributed by atoms with Gasteiger partial charge in [-0.3, -0.25) is 0 Å². The number of aryl methyl sites for hydroxylation is 1. The fourth-order valence-corrected chi connectivity index (χ4v) is 3.94. The van der Waals surface area contributed by atoms with Crippen molar-refractivity contribution in [1.29, 1.82) is 0 Å². The first-order chi connectivity index (χ1) is 12.7. The number of benzene rings is 1. The number of hydrogen-bond acceptors (Lipinski definition) is 6. The lowest BCUT2D eigenvalue weighted by Gasteiger charge is -2.31. The number of fused-ring (bicyclic) bond motifs is 1. The quantitative estimate of drug-likeness (QED) is 0.692. The summed E-state index contributed by atoms with van der Waals surface area (Å²) in [7, 11) is 0. The van der Waals surface area contributed by atoms with Gasteiger partial charge in [0.25, 0.3) is 0 Å². The average Bonchev–Trinajstić information content (AvgIpc) is 2.62. The van der Waals surface area contributed by atoms with Crippen molar-refractivity contribution in [3.05, 3.63) is 41.6 Å². The second kappa shape index (κ2) is 7.50. The molecular formula is C20H27N5O. The minimum Gasteiger partial charge on any atom is -0.393 e. The molecule has 1 aliphatic heterocycles. The van der Waals surface area contributed by atoms with Gasteiger partial charge in [0.15, 0.2) is 0 Å². The first-order valence-corrected chi connectivity index (χ1v) is 9.58. The Morgan fingerprint density at radius 2 is 2.08 bits per heavy atom. The molecule has 4 N–H and O–H groups in total. The molecular weight excluding hydrogens is 326 g/mol. The maximum Gasteiger partial charge on any atom is 0.222 e. The monoisotopic (exact) mass is 353 g/mol. The van der Waals surface area contributed by atoms with Crippen molar-refractivity contribution in [1.82, 2.24) is 9.97 Å². The van der Waals surface area contributed by atoms with Gasteiger partial charge < -0.3 is 21.1 Å². The van der Waals surface area contributed by atoms with Gasteiger partial charge in [-0.05, 0) is 43.7 Å². The molecule has 0 bridgehead atoms. The summed E-state index contributed by atoms with van der Waals surface area (Å²) in [5.74, 6) is 1.39. The normalized spacial score (nSPS) is 21.8. The molecule has 2 heterocycles. The lowest BCUT2D eigenvalue weighted by molar-refractivity contribution is 0.0732. The zero-order chi connectivity index (χ0) is 17.9. The number of aliphatic hydroxyl groups is 1. The first kappa shape index (κ1) is 17.1. The summed E-state index contributed by atoms with van der Waals surface area (Å²) in [6.45, 7) is 3.01. The number of nitrogens with zero attached hydrogens (tertiary/aromatic N) is 3. The van der Waals surface area contributed by atoms with Crippen molar-refractivity contribution >= 4 is 17.5 Å². The van der Waals surface area contributed by atoms with Crippen LogP contribution in [-0.2, 0) is 6.42 Å². The van der Waals surface area contributed by atoms with Gasteiger partial charge in [-0.1, -0.05) is 18.2 Å². The summed E-state index contributed by atoms with van der Waals surface area (Å²) in [6.07, 6.45) is 4.79. The van der Waals surface area contributed by atoms with Crippen LogP contribution in [0.2, 0.25) is 0 Å². The summed E-state index contributed by atoms with van der Waals surface area (Å²) in [4.78, 5) is 11.1. The van der Waals surface area contributed by atoms with Crippen LogP contribution in [0, 0.1) is 0 Å². The van der Waals surface area contributed by atoms with Gasteiger partial charge in [0, 0.05) is 37.3 Å². The third-order valence-electron chi connectivity index (χ3n) is 5.41. The Labute approximate surface area is 154 Å². The summed E-state index contributed by atoms with van der Waals surface area (Å²) >= 11 is 0. The Bertz CT molecular complexity index is 760. The van der Waals surface area contributed by atoms with E-state index in [1.807, 2.05) is 6.07 Å². The largest absolute Gasteiger partial charge is 0.393 e. The number of nitrogens with one attached hydrogen (secondary N) is 1. The molecule has 4 rings (SSSR count). The highest BCUT2D eigenvalue weighted by Gasteiger charge is 2.30. The lowest BCUT2D eigenvalue weighted by atomic mass is 9.80. The number of aliphatic hydroxyl groups excluding tert-OH is 1. The zero-order valence-corrected chi connectivity index (χ0v) is 15.1. The molecule has 6 heteroatoms. The Kier molecular flexibility index (Phi) is 4.93. The van der Waals surface area contributed by atoms with Crippen LogP contribution in [0.1, 0.15) is 42.9 Å². The number of para-hydroxylation sites is 1. The Morgan fingerprint density at radius 1 is 1.23 bits per heavy atom.